The third-order valence-electron chi connectivity index (χ3n) is 23.5. The zero-order valence-electron chi connectivity index (χ0n) is 81.0. The summed E-state index contributed by atoms with van der Waals surface area (Å²) < 4.78 is 61.2. The average Bonchev–Trinajstić information content (AvgIpc) is 0.778. The second-order valence-electron chi connectivity index (χ2n) is 34.7. The van der Waals surface area contributed by atoms with Crippen molar-refractivity contribution in [3.63, 3.8) is 0 Å². The van der Waals surface area contributed by atoms with Crippen LogP contribution in [0.5, 0.6) is 23.0 Å². The number of hydrogen-bond acceptors (Lipinski definition) is 23. The quantitative estimate of drug-likeness (QED) is 0.0169. The van der Waals surface area contributed by atoms with E-state index in [9.17, 15) is 24.0 Å². The second-order valence-corrected chi connectivity index (χ2v) is 34.7. The highest BCUT2D eigenvalue weighted by Crippen LogP contribution is 2.39. The maximum absolute atomic E-state index is 16.1. The van der Waals surface area contributed by atoms with Crippen molar-refractivity contribution in [2.75, 3.05) is 197 Å². The van der Waals surface area contributed by atoms with E-state index in [2.05, 4.69) is 67.5 Å². The molecule has 3 unspecified atom stereocenters. The molecular weight excluding hydrogens is 1750 g/mol. The van der Waals surface area contributed by atoms with E-state index in [0.29, 0.717) is 163 Å². The van der Waals surface area contributed by atoms with Gasteiger partial charge in [-0.2, -0.15) is 0 Å². The average molecular weight is 1890 g/mol. The highest BCUT2D eigenvalue weighted by atomic mass is 16.6. The molecule has 8 aromatic carbocycles. The molecule has 0 aromatic heterocycles. The summed E-state index contributed by atoms with van der Waals surface area (Å²) in [6.07, 6.45) is 1.51. The molecule has 8 aromatic rings. The molecule has 9 N–H and O–H groups in total. The van der Waals surface area contributed by atoms with Crippen molar-refractivity contribution >= 4 is 53.4 Å². The number of nitrogens with zero attached hydrogens (tertiary/aromatic N) is 4. The van der Waals surface area contributed by atoms with Crippen LogP contribution in [-0.4, -0.2) is 282 Å². The summed E-state index contributed by atoms with van der Waals surface area (Å²) in [7, 11) is 1.60. The van der Waals surface area contributed by atoms with Crippen LogP contribution in [0.2, 0.25) is 0 Å². The number of carbonyl (C=O) groups is 9. The maximum atomic E-state index is 16.1. The number of alkyl carbamates (subject to hydrolysis) is 1. The van der Waals surface area contributed by atoms with Crippen LogP contribution in [0, 0.1) is 27.7 Å². The molecule has 0 radical (unpaired) electrons. The molecule has 9 amide bonds. The zero-order valence-corrected chi connectivity index (χ0v) is 81.0. The molecular formula is C105H139N13O19. The number of fused-ring (bicyclic) bond motifs is 2. The van der Waals surface area contributed by atoms with Crippen molar-refractivity contribution in [3.8, 4) is 23.0 Å². The molecule has 10 bridgehead atoms. The van der Waals surface area contributed by atoms with E-state index < -0.39 is 41.4 Å². The summed E-state index contributed by atoms with van der Waals surface area (Å²) in [4.78, 5) is 141. The molecule has 0 saturated carbocycles. The van der Waals surface area contributed by atoms with Gasteiger partial charge < -0.3 is 95.2 Å². The Bertz CT molecular complexity index is 5150. The topological polar surface area (TPSA) is 367 Å². The summed E-state index contributed by atoms with van der Waals surface area (Å²) in [6, 6.07) is 49.6. The van der Waals surface area contributed by atoms with E-state index in [-0.39, 0.29) is 187 Å². The molecule has 137 heavy (non-hydrogen) atoms. The van der Waals surface area contributed by atoms with Gasteiger partial charge in [-0.25, -0.2) is 4.79 Å². The lowest BCUT2D eigenvalue weighted by molar-refractivity contribution is 0.0196. The highest BCUT2D eigenvalue weighted by Gasteiger charge is 2.31. The third-order valence-corrected chi connectivity index (χ3v) is 23.5. The number of unbranched alkanes of at least 4 members (excludes halogenated alkanes) is 1. The van der Waals surface area contributed by atoms with Crippen molar-refractivity contribution in [1.29, 1.82) is 0 Å². The lowest BCUT2D eigenvalue weighted by Gasteiger charge is -2.31. The molecule has 738 valence electrons. The zero-order chi connectivity index (χ0) is 97.5. The van der Waals surface area contributed by atoms with Crippen LogP contribution in [-0.2, 0) is 54.8 Å². The summed E-state index contributed by atoms with van der Waals surface area (Å²) in [5.74, 6) is -3.64. The SMILES string of the molecule is CCCOCCOCCN1CCNC(=O)c2ccc(c(C)c2C)C(=O)NCCN2CCNC(=O)c3ccc(c(C)c3C)C(=O)NCCN(CCOCCOCCOC)CCNC(=O)c3ccc(c(OCc4ccccc4)c3OCc3ccccc3)C(=O)NCCN(CC2)CC(CCCCNC(=O)OC(C)(C)C)NC(=O)c2ccc(c(OCc3ccccc3)c2OCc2ccccc2)C(=O)NCC1. The van der Waals surface area contributed by atoms with Gasteiger partial charge in [0.15, 0.2) is 23.0 Å². The summed E-state index contributed by atoms with van der Waals surface area (Å²) in [5.41, 5.74) is 6.47. The Morgan fingerprint density at radius 2 is 0.642 bits per heavy atom. The monoisotopic (exact) mass is 1890 g/mol. The smallest absolute Gasteiger partial charge is 0.407 e. The van der Waals surface area contributed by atoms with Crippen molar-refractivity contribution in [2.24, 2.45) is 0 Å². The van der Waals surface area contributed by atoms with Crippen LogP contribution in [0.15, 0.2) is 170 Å². The second kappa shape index (κ2) is 57.6. The molecule has 3 atom stereocenters. The molecule has 0 spiro atoms. The Morgan fingerprint density at radius 3 is 0.978 bits per heavy atom. The van der Waals surface area contributed by atoms with Gasteiger partial charge in [0.05, 0.1) is 75.1 Å². The van der Waals surface area contributed by atoms with Crippen molar-refractivity contribution in [1.82, 2.24) is 67.5 Å². The van der Waals surface area contributed by atoms with Gasteiger partial charge in [-0.1, -0.05) is 128 Å². The van der Waals surface area contributed by atoms with Crippen molar-refractivity contribution < 1.29 is 90.5 Å². The standard InChI is InChI=1S/C105H139N13O19/c1-10-61-129-66-67-130-62-59-116-52-45-108-98(121)86-36-34-84(75(2)77(86)4)96(119)106-43-50-115-51-44-107-97(120)85-35-37-87(78(5)76(85)3)99(122)109-46-53-117(60-63-131-68-69-132-65-64-128-9)54-47-110-100(123)88-38-39-89(93(134-72-80-27-17-12-18-28-80)92(88)133-71-79-25-15-11-16-26-79)102(125)112-49-56-118(58-57-115)70-83(33-23-24-42-113-104(127)137-105(6,7)8)114-103(126)91-41-40-90(101(124)111-48-55-116)94(135-73-81-29-19-13-20-30-81)95(91)136-74-82-31-21-14-22-32-82/h11-22,25-32,34-41,83H,10,23-24,33,42-74H2,1-9H3,(H,106,119)(H,107,120)(H,108,121)(H,109,122)(H,110,123)(H,111,124)(H,112,125)(H,113,127)(H,114,126). The molecule has 7 heterocycles. The summed E-state index contributed by atoms with van der Waals surface area (Å²) in [6.45, 7) is 22.6. The van der Waals surface area contributed by atoms with Crippen LogP contribution in [0.4, 0.5) is 4.79 Å². The Morgan fingerprint density at radius 1 is 0.350 bits per heavy atom. The third kappa shape index (κ3) is 35.6. The number of amides is 9. The van der Waals surface area contributed by atoms with Gasteiger partial charge in [-0.3, -0.25) is 58.0 Å². The number of methoxy groups -OCH3 is 1. The van der Waals surface area contributed by atoms with E-state index in [4.69, 9.17) is 47.4 Å². The van der Waals surface area contributed by atoms with Gasteiger partial charge in [0.25, 0.3) is 47.3 Å². The first kappa shape index (κ1) is 107. The number of rotatable bonds is 34. The normalized spacial score (nSPS) is 16.8. The molecule has 7 aliphatic heterocycles. The van der Waals surface area contributed by atoms with E-state index in [1.165, 1.54) is 0 Å². The fourth-order valence-corrected chi connectivity index (χ4v) is 15.6. The Balaban J connectivity index is 1.07. The number of benzene rings is 8. The highest BCUT2D eigenvalue weighted by molar-refractivity contribution is 6.05. The fourth-order valence-electron chi connectivity index (χ4n) is 15.6. The van der Waals surface area contributed by atoms with Crippen LogP contribution >= 0.6 is 0 Å². The Kier molecular flexibility index (Phi) is 44.9. The summed E-state index contributed by atoms with van der Waals surface area (Å²) in [5, 5.41) is 28.2. The van der Waals surface area contributed by atoms with Crippen molar-refractivity contribution in [3.05, 3.63) is 259 Å². The molecule has 0 aliphatic carbocycles. The van der Waals surface area contributed by atoms with Gasteiger partial charge in [0, 0.05) is 173 Å². The van der Waals surface area contributed by atoms with Crippen LogP contribution in [0.1, 0.15) is 181 Å². The van der Waals surface area contributed by atoms with E-state index in [1.54, 1.807) is 104 Å². The summed E-state index contributed by atoms with van der Waals surface area (Å²) >= 11 is 0. The number of hydrogen-bond donors (Lipinski definition) is 9. The Hall–Kier alpha value is -12.4. The van der Waals surface area contributed by atoms with Gasteiger partial charge in [-0.15, -0.1) is 0 Å². The number of nitrogens with one attached hydrogen (secondary N) is 9. The molecule has 32 heteroatoms. The fraction of sp³-hybridized carbons (Fsp3) is 0.457. The predicted molar refractivity (Wildman–Crippen MR) is 525 cm³/mol. The minimum Gasteiger partial charge on any atom is -0.484 e. The van der Waals surface area contributed by atoms with Gasteiger partial charge in [-0.05, 0) is 167 Å². The first-order valence-corrected chi connectivity index (χ1v) is 47.6. The lowest BCUT2D eigenvalue weighted by Crippen LogP contribution is -2.49. The first-order chi connectivity index (χ1) is 66.4. The minimum atomic E-state index is -0.767. The van der Waals surface area contributed by atoms with Gasteiger partial charge in [0.1, 0.15) is 32.0 Å². The molecule has 32 nitrogen and oxygen atoms in total. The Labute approximate surface area is 805 Å². The van der Waals surface area contributed by atoms with E-state index in [1.807, 2.05) is 128 Å². The van der Waals surface area contributed by atoms with Crippen molar-refractivity contribution in [2.45, 2.75) is 119 Å². The van der Waals surface area contributed by atoms with E-state index in [0.717, 1.165) is 28.7 Å². The molecule has 15 rings (SSSR count). The number of carbonyl (C=O) groups excluding carboxylic acids is 9. The largest absolute Gasteiger partial charge is 0.484 e. The van der Waals surface area contributed by atoms with Crippen LogP contribution in [0.3, 0.4) is 0 Å². The minimum absolute atomic E-state index is 0.00292. The number of ether oxygens (including phenoxy) is 10. The lowest BCUT2D eigenvalue weighted by atomic mass is 9.97. The van der Waals surface area contributed by atoms with Crippen LogP contribution in [0.25, 0.3) is 0 Å². The van der Waals surface area contributed by atoms with E-state index >= 15 is 19.2 Å². The predicted octanol–water partition coefficient (Wildman–Crippen LogP) is 10.6. The van der Waals surface area contributed by atoms with Crippen LogP contribution < -0.4 is 66.8 Å². The van der Waals surface area contributed by atoms with Gasteiger partial charge >= 0.3 is 6.09 Å². The molecule has 7 aliphatic rings. The first-order valence-electron chi connectivity index (χ1n) is 47.6. The van der Waals surface area contributed by atoms with Gasteiger partial charge in [0.2, 0.25) is 0 Å². The molecule has 0 fully saturated rings. The molecule has 0 saturated heterocycles. The maximum Gasteiger partial charge on any atom is 0.407 e.